The van der Waals surface area contributed by atoms with Crippen molar-refractivity contribution < 1.29 is 9.18 Å². The Morgan fingerprint density at radius 3 is 2.70 bits per heavy atom. The molecule has 0 aliphatic rings. The summed E-state index contributed by atoms with van der Waals surface area (Å²) < 4.78 is 13.1. The average Bonchev–Trinajstić information content (AvgIpc) is 2.35. The quantitative estimate of drug-likeness (QED) is 0.899. The molecule has 2 aromatic carbocycles. The van der Waals surface area contributed by atoms with Crippen molar-refractivity contribution in [2.45, 2.75) is 6.92 Å². The molecule has 2 rings (SSSR count). The van der Waals surface area contributed by atoms with E-state index in [4.69, 9.17) is 11.6 Å². The first-order valence-corrected chi connectivity index (χ1v) is 6.47. The first-order chi connectivity index (χ1) is 9.52. The van der Waals surface area contributed by atoms with E-state index in [1.807, 2.05) is 31.2 Å². The molecule has 0 bridgehead atoms. The number of aryl methyl sites for hydroxylation is 1. The van der Waals surface area contributed by atoms with Crippen molar-refractivity contribution >= 4 is 28.9 Å². The zero-order valence-corrected chi connectivity index (χ0v) is 11.7. The molecular weight excluding hydrogens is 279 g/mol. The standard InChI is InChI=1S/C15H14ClFN2O/c1-10-3-2-4-13(5-10)19-15(20)9-18-14-7-11(16)6-12(17)8-14/h2-8,18H,9H2,1H3,(H,19,20). The molecule has 0 spiro atoms. The van der Waals surface area contributed by atoms with Gasteiger partial charge in [-0.3, -0.25) is 4.79 Å². The normalized spacial score (nSPS) is 10.2. The van der Waals surface area contributed by atoms with E-state index in [0.717, 1.165) is 11.3 Å². The monoisotopic (exact) mass is 292 g/mol. The Hall–Kier alpha value is -2.07. The van der Waals surface area contributed by atoms with E-state index in [0.29, 0.717) is 5.69 Å². The number of amides is 1. The SMILES string of the molecule is Cc1cccc(NC(=O)CNc2cc(F)cc(Cl)c2)c1. The van der Waals surface area contributed by atoms with Gasteiger partial charge in [-0.1, -0.05) is 23.7 Å². The van der Waals surface area contributed by atoms with Crippen LogP contribution in [0.4, 0.5) is 15.8 Å². The molecular formula is C15H14ClFN2O. The number of carbonyl (C=O) groups is 1. The van der Waals surface area contributed by atoms with Gasteiger partial charge in [-0.25, -0.2) is 4.39 Å². The van der Waals surface area contributed by atoms with Gasteiger partial charge in [-0.15, -0.1) is 0 Å². The molecule has 1 amide bonds. The van der Waals surface area contributed by atoms with Gasteiger partial charge in [-0.2, -0.15) is 0 Å². The molecule has 0 heterocycles. The van der Waals surface area contributed by atoms with Crippen LogP contribution in [-0.2, 0) is 4.79 Å². The van der Waals surface area contributed by atoms with Crippen molar-refractivity contribution in [2.75, 3.05) is 17.2 Å². The molecule has 20 heavy (non-hydrogen) atoms. The molecule has 2 N–H and O–H groups in total. The molecule has 5 heteroatoms. The summed E-state index contributed by atoms with van der Waals surface area (Å²) in [7, 11) is 0. The van der Waals surface area contributed by atoms with Crippen LogP contribution in [-0.4, -0.2) is 12.5 Å². The number of hydrogen-bond acceptors (Lipinski definition) is 2. The number of rotatable bonds is 4. The highest BCUT2D eigenvalue weighted by molar-refractivity contribution is 6.30. The van der Waals surface area contributed by atoms with Gasteiger partial charge >= 0.3 is 0 Å². The Labute approximate surface area is 121 Å². The molecule has 0 atom stereocenters. The summed E-state index contributed by atoms with van der Waals surface area (Å²) >= 11 is 5.73. The van der Waals surface area contributed by atoms with Crippen molar-refractivity contribution in [2.24, 2.45) is 0 Å². The number of benzene rings is 2. The molecule has 0 aliphatic heterocycles. The van der Waals surface area contributed by atoms with E-state index in [9.17, 15) is 9.18 Å². The number of hydrogen-bond donors (Lipinski definition) is 2. The third-order valence-electron chi connectivity index (χ3n) is 2.62. The zero-order valence-electron chi connectivity index (χ0n) is 10.9. The maximum atomic E-state index is 13.1. The van der Waals surface area contributed by atoms with Gasteiger partial charge in [0.1, 0.15) is 5.82 Å². The fourth-order valence-electron chi connectivity index (χ4n) is 1.77. The average molecular weight is 293 g/mol. The van der Waals surface area contributed by atoms with Crippen LogP contribution in [0.5, 0.6) is 0 Å². The van der Waals surface area contributed by atoms with E-state index in [2.05, 4.69) is 10.6 Å². The first kappa shape index (κ1) is 14.3. The lowest BCUT2D eigenvalue weighted by Crippen LogP contribution is -2.21. The van der Waals surface area contributed by atoms with E-state index in [-0.39, 0.29) is 17.5 Å². The fraction of sp³-hybridized carbons (Fsp3) is 0.133. The van der Waals surface area contributed by atoms with Gasteiger partial charge in [-0.05, 0) is 42.8 Å². The van der Waals surface area contributed by atoms with Crippen LogP contribution in [0.15, 0.2) is 42.5 Å². The summed E-state index contributed by atoms with van der Waals surface area (Å²) in [4.78, 5) is 11.8. The van der Waals surface area contributed by atoms with Gasteiger partial charge in [0.2, 0.25) is 5.91 Å². The summed E-state index contributed by atoms with van der Waals surface area (Å²) in [5.74, 6) is -0.657. The van der Waals surface area contributed by atoms with Crippen LogP contribution in [0.3, 0.4) is 0 Å². The second-order valence-corrected chi connectivity index (χ2v) is 4.87. The van der Waals surface area contributed by atoms with Gasteiger partial charge in [0.05, 0.1) is 6.54 Å². The highest BCUT2D eigenvalue weighted by Crippen LogP contribution is 2.17. The van der Waals surface area contributed by atoms with E-state index >= 15 is 0 Å². The van der Waals surface area contributed by atoms with Crippen LogP contribution in [0, 0.1) is 12.7 Å². The molecule has 0 unspecified atom stereocenters. The predicted octanol–water partition coefficient (Wildman–Crippen LogP) is 3.84. The minimum Gasteiger partial charge on any atom is -0.376 e. The molecule has 3 nitrogen and oxygen atoms in total. The van der Waals surface area contributed by atoms with E-state index < -0.39 is 5.82 Å². The molecule has 0 radical (unpaired) electrons. The number of carbonyl (C=O) groups excluding carboxylic acids is 1. The Morgan fingerprint density at radius 2 is 2.00 bits per heavy atom. The predicted molar refractivity (Wildman–Crippen MR) is 79.7 cm³/mol. The van der Waals surface area contributed by atoms with Crippen molar-refractivity contribution in [1.29, 1.82) is 0 Å². The van der Waals surface area contributed by atoms with Gasteiger partial charge < -0.3 is 10.6 Å². The molecule has 0 aliphatic carbocycles. The Balaban J connectivity index is 1.92. The topological polar surface area (TPSA) is 41.1 Å². The van der Waals surface area contributed by atoms with Gasteiger partial charge in [0, 0.05) is 16.4 Å². The van der Waals surface area contributed by atoms with E-state index in [1.54, 1.807) is 6.07 Å². The highest BCUT2D eigenvalue weighted by atomic mass is 35.5. The van der Waals surface area contributed by atoms with Crippen molar-refractivity contribution in [3.8, 4) is 0 Å². The summed E-state index contributed by atoms with van der Waals surface area (Å²) in [6.45, 7) is 1.98. The van der Waals surface area contributed by atoms with Crippen LogP contribution in [0.2, 0.25) is 5.02 Å². The summed E-state index contributed by atoms with van der Waals surface area (Å²) in [5.41, 5.74) is 2.26. The second-order valence-electron chi connectivity index (χ2n) is 4.43. The van der Waals surface area contributed by atoms with Crippen LogP contribution < -0.4 is 10.6 Å². The largest absolute Gasteiger partial charge is 0.376 e. The summed E-state index contributed by atoms with van der Waals surface area (Å²) in [6, 6.07) is 11.5. The smallest absolute Gasteiger partial charge is 0.243 e. The fourth-order valence-corrected chi connectivity index (χ4v) is 1.99. The summed E-state index contributed by atoms with van der Waals surface area (Å²) in [5, 5.41) is 5.86. The maximum absolute atomic E-state index is 13.1. The molecule has 0 saturated heterocycles. The second kappa shape index (κ2) is 6.39. The molecule has 0 aromatic heterocycles. The molecule has 0 saturated carbocycles. The lowest BCUT2D eigenvalue weighted by Gasteiger charge is -2.08. The number of halogens is 2. The molecule has 2 aromatic rings. The lowest BCUT2D eigenvalue weighted by molar-refractivity contribution is -0.114. The van der Waals surface area contributed by atoms with Crippen molar-refractivity contribution in [3.05, 3.63) is 58.9 Å². The number of nitrogens with one attached hydrogen (secondary N) is 2. The summed E-state index contributed by atoms with van der Waals surface area (Å²) in [6.07, 6.45) is 0. The minimum absolute atomic E-state index is 0.0354. The van der Waals surface area contributed by atoms with Crippen LogP contribution in [0.1, 0.15) is 5.56 Å². The minimum atomic E-state index is -0.445. The van der Waals surface area contributed by atoms with Gasteiger partial charge in [0.15, 0.2) is 0 Å². The highest BCUT2D eigenvalue weighted by Gasteiger charge is 2.04. The Bertz CT molecular complexity index is 611. The van der Waals surface area contributed by atoms with E-state index in [1.165, 1.54) is 12.1 Å². The molecule has 104 valence electrons. The third-order valence-corrected chi connectivity index (χ3v) is 2.84. The molecule has 0 fully saturated rings. The first-order valence-electron chi connectivity index (χ1n) is 6.09. The van der Waals surface area contributed by atoms with Crippen molar-refractivity contribution in [3.63, 3.8) is 0 Å². The zero-order chi connectivity index (χ0) is 14.5. The van der Waals surface area contributed by atoms with Crippen LogP contribution >= 0.6 is 11.6 Å². The van der Waals surface area contributed by atoms with Gasteiger partial charge in [0.25, 0.3) is 0 Å². The third kappa shape index (κ3) is 4.24. The van der Waals surface area contributed by atoms with Crippen LogP contribution in [0.25, 0.3) is 0 Å². The maximum Gasteiger partial charge on any atom is 0.243 e. The Morgan fingerprint density at radius 1 is 1.20 bits per heavy atom. The Kier molecular flexibility index (Phi) is 4.58. The van der Waals surface area contributed by atoms with Crippen molar-refractivity contribution in [1.82, 2.24) is 0 Å². The number of anilines is 2. The lowest BCUT2D eigenvalue weighted by atomic mass is 10.2.